The van der Waals surface area contributed by atoms with Gasteiger partial charge in [-0.25, -0.2) is 0 Å². The lowest BCUT2D eigenvalue weighted by molar-refractivity contribution is -0.139. The summed E-state index contributed by atoms with van der Waals surface area (Å²) in [6, 6.07) is -0.384. The quantitative estimate of drug-likeness (QED) is 0.631. The summed E-state index contributed by atoms with van der Waals surface area (Å²) in [4.78, 5) is 10.5. The molecule has 0 aromatic rings. The predicted molar refractivity (Wildman–Crippen MR) is 44.6 cm³/mol. The molecule has 0 aliphatic heterocycles. The first kappa shape index (κ1) is 10.4. The summed E-state index contributed by atoms with van der Waals surface area (Å²) in [5, 5.41) is 11.4. The third-order valence-corrected chi connectivity index (χ3v) is 1.98. The van der Waals surface area contributed by atoms with Crippen LogP contribution >= 0.6 is 0 Å². The van der Waals surface area contributed by atoms with E-state index in [1.165, 1.54) is 0 Å². The number of rotatable bonds is 5. The van der Waals surface area contributed by atoms with Crippen molar-refractivity contribution < 1.29 is 9.90 Å². The average molecular weight is 159 g/mol. The molecule has 0 aromatic heterocycles. The Kier molecular flexibility index (Phi) is 4.86. The third kappa shape index (κ3) is 3.98. The molecule has 2 N–H and O–H groups in total. The summed E-state index contributed by atoms with van der Waals surface area (Å²) < 4.78 is 0. The molecule has 0 aliphatic carbocycles. The predicted octanol–water partition coefficient (Wildman–Crippen LogP) is 1.10. The van der Waals surface area contributed by atoms with Gasteiger partial charge in [0.25, 0.3) is 0 Å². The van der Waals surface area contributed by atoms with Gasteiger partial charge in [-0.05, 0) is 19.4 Å². The molecule has 0 fully saturated rings. The van der Waals surface area contributed by atoms with E-state index < -0.39 is 5.97 Å². The Balaban J connectivity index is 3.77. The van der Waals surface area contributed by atoms with Gasteiger partial charge in [-0.3, -0.25) is 4.79 Å². The Labute approximate surface area is 67.8 Å². The van der Waals surface area contributed by atoms with Crippen molar-refractivity contribution >= 4 is 5.97 Å². The maximum absolute atomic E-state index is 10.5. The highest BCUT2D eigenvalue weighted by Crippen LogP contribution is 2.09. The van der Waals surface area contributed by atoms with Crippen molar-refractivity contribution in [2.24, 2.45) is 5.92 Å². The lowest BCUT2D eigenvalue weighted by Crippen LogP contribution is -2.35. The Morgan fingerprint density at radius 2 is 2.18 bits per heavy atom. The summed E-state index contributed by atoms with van der Waals surface area (Å²) in [6.45, 7) is 4.13. The van der Waals surface area contributed by atoms with Crippen LogP contribution in [0.4, 0.5) is 0 Å². The number of likely N-dealkylation sites (N-methyl/N-ethyl adjacent to an activating group) is 1. The van der Waals surface area contributed by atoms with Gasteiger partial charge in [0.05, 0.1) is 0 Å². The van der Waals surface area contributed by atoms with Gasteiger partial charge < -0.3 is 10.4 Å². The van der Waals surface area contributed by atoms with Crippen LogP contribution in [0.3, 0.4) is 0 Å². The summed E-state index contributed by atoms with van der Waals surface area (Å²) >= 11 is 0. The van der Waals surface area contributed by atoms with Crippen molar-refractivity contribution in [1.29, 1.82) is 0 Å². The van der Waals surface area contributed by atoms with Gasteiger partial charge in [0.1, 0.15) is 6.04 Å². The number of carbonyl (C=O) groups is 1. The highest BCUT2D eigenvalue weighted by molar-refractivity contribution is 5.73. The normalized spacial score (nSPS) is 15.9. The SMILES string of the molecule is CC[C@H](C)C[C@@H](NC)C(=O)O. The van der Waals surface area contributed by atoms with E-state index in [0.29, 0.717) is 12.3 Å². The summed E-state index contributed by atoms with van der Waals surface area (Å²) in [7, 11) is 1.68. The first-order valence-electron chi connectivity index (χ1n) is 4.01. The van der Waals surface area contributed by atoms with Crippen LogP contribution < -0.4 is 5.32 Å². The van der Waals surface area contributed by atoms with E-state index in [4.69, 9.17) is 5.11 Å². The molecule has 2 atom stereocenters. The lowest BCUT2D eigenvalue weighted by Gasteiger charge is -2.14. The lowest BCUT2D eigenvalue weighted by atomic mass is 10.00. The molecule has 0 unspecified atom stereocenters. The van der Waals surface area contributed by atoms with E-state index in [1.54, 1.807) is 7.05 Å². The second kappa shape index (κ2) is 5.13. The molecule has 0 spiro atoms. The fraction of sp³-hybridized carbons (Fsp3) is 0.875. The third-order valence-electron chi connectivity index (χ3n) is 1.98. The van der Waals surface area contributed by atoms with Crippen LogP contribution in [0.2, 0.25) is 0 Å². The van der Waals surface area contributed by atoms with Gasteiger partial charge in [0, 0.05) is 0 Å². The zero-order valence-electron chi connectivity index (χ0n) is 7.42. The van der Waals surface area contributed by atoms with Gasteiger partial charge in [0.15, 0.2) is 0 Å². The molecule has 0 heterocycles. The van der Waals surface area contributed by atoms with Crippen LogP contribution in [0.5, 0.6) is 0 Å². The first-order valence-corrected chi connectivity index (χ1v) is 4.01. The second-order valence-electron chi connectivity index (χ2n) is 2.93. The Bertz CT molecular complexity index is 125. The van der Waals surface area contributed by atoms with Crippen molar-refractivity contribution in [3.63, 3.8) is 0 Å². The minimum absolute atomic E-state index is 0.384. The van der Waals surface area contributed by atoms with Crippen molar-refractivity contribution in [3.05, 3.63) is 0 Å². The highest BCUT2D eigenvalue weighted by atomic mass is 16.4. The average Bonchev–Trinajstić information content (AvgIpc) is 1.99. The number of hydrogen-bond acceptors (Lipinski definition) is 2. The highest BCUT2D eigenvalue weighted by Gasteiger charge is 2.16. The van der Waals surface area contributed by atoms with E-state index in [2.05, 4.69) is 19.2 Å². The summed E-state index contributed by atoms with van der Waals surface area (Å²) in [6.07, 6.45) is 1.74. The van der Waals surface area contributed by atoms with Gasteiger partial charge in [-0.2, -0.15) is 0 Å². The van der Waals surface area contributed by atoms with Crippen LogP contribution in [0.25, 0.3) is 0 Å². The first-order chi connectivity index (χ1) is 5.11. The molecule has 11 heavy (non-hydrogen) atoms. The minimum atomic E-state index is -0.757. The number of nitrogens with one attached hydrogen (secondary N) is 1. The molecule has 0 aromatic carbocycles. The Morgan fingerprint density at radius 1 is 1.64 bits per heavy atom. The van der Waals surface area contributed by atoms with Gasteiger partial charge in [-0.15, -0.1) is 0 Å². The van der Waals surface area contributed by atoms with Crippen molar-refractivity contribution in [3.8, 4) is 0 Å². The molecular weight excluding hydrogens is 142 g/mol. The van der Waals surface area contributed by atoms with Crippen LogP contribution in [0.15, 0.2) is 0 Å². The van der Waals surface area contributed by atoms with Gasteiger partial charge in [-0.1, -0.05) is 20.3 Å². The zero-order chi connectivity index (χ0) is 8.85. The molecule has 66 valence electrons. The number of aliphatic carboxylic acids is 1. The molecule has 0 saturated carbocycles. The van der Waals surface area contributed by atoms with Crippen molar-refractivity contribution in [1.82, 2.24) is 5.32 Å². The molecule has 0 aliphatic rings. The van der Waals surface area contributed by atoms with Gasteiger partial charge in [0.2, 0.25) is 0 Å². The van der Waals surface area contributed by atoms with E-state index in [1.807, 2.05) is 0 Å². The molecule has 3 nitrogen and oxygen atoms in total. The van der Waals surface area contributed by atoms with Crippen molar-refractivity contribution in [2.75, 3.05) is 7.05 Å². The molecular formula is C8H17NO2. The Hall–Kier alpha value is -0.570. The molecule has 0 radical (unpaired) electrons. The molecule has 0 saturated heterocycles. The largest absolute Gasteiger partial charge is 0.480 e. The monoisotopic (exact) mass is 159 g/mol. The van der Waals surface area contributed by atoms with Crippen LogP contribution in [0, 0.1) is 5.92 Å². The number of carboxylic acids is 1. The van der Waals surface area contributed by atoms with Crippen LogP contribution in [-0.2, 0) is 4.79 Å². The van der Waals surface area contributed by atoms with E-state index in [0.717, 1.165) is 6.42 Å². The zero-order valence-corrected chi connectivity index (χ0v) is 7.42. The molecule has 0 bridgehead atoms. The fourth-order valence-electron chi connectivity index (χ4n) is 0.911. The van der Waals surface area contributed by atoms with Crippen molar-refractivity contribution in [2.45, 2.75) is 32.7 Å². The molecule has 3 heteroatoms. The van der Waals surface area contributed by atoms with Crippen LogP contribution in [-0.4, -0.2) is 24.2 Å². The van der Waals surface area contributed by atoms with E-state index >= 15 is 0 Å². The van der Waals surface area contributed by atoms with Crippen LogP contribution in [0.1, 0.15) is 26.7 Å². The summed E-state index contributed by atoms with van der Waals surface area (Å²) in [5.41, 5.74) is 0. The minimum Gasteiger partial charge on any atom is -0.480 e. The summed E-state index contributed by atoms with van der Waals surface area (Å²) in [5.74, 6) is -0.281. The Morgan fingerprint density at radius 3 is 2.45 bits per heavy atom. The molecule has 0 rings (SSSR count). The number of hydrogen-bond donors (Lipinski definition) is 2. The second-order valence-corrected chi connectivity index (χ2v) is 2.93. The topological polar surface area (TPSA) is 49.3 Å². The molecule has 0 amide bonds. The maximum Gasteiger partial charge on any atom is 0.320 e. The standard InChI is InChI=1S/C8H17NO2/c1-4-6(2)5-7(9-3)8(10)11/h6-7,9H,4-5H2,1-3H3,(H,10,11)/t6-,7+/m0/s1. The van der Waals surface area contributed by atoms with E-state index in [-0.39, 0.29) is 6.04 Å². The smallest absolute Gasteiger partial charge is 0.320 e. The van der Waals surface area contributed by atoms with E-state index in [9.17, 15) is 4.79 Å². The number of carboxylic acid groups (broad SMARTS) is 1. The fourth-order valence-corrected chi connectivity index (χ4v) is 0.911. The maximum atomic E-state index is 10.5. The van der Waals surface area contributed by atoms with Gasteiger partial charge >= 0.3 is 5.97 Å².